The van der Waals surface area contributed by atoms with Gasteiger partial charge >= 0.3 is 0 Å². The van der Waals surface area contributed by atoms with Crippen LogP contribution in [0, 0.1) is 11.3 Å². The van der Waals surface area contributed by atoms with E-state index >= 15 is 0 Å². The van der Waals surface area contributed by atoms with Gasteiger partial charge in [0.15, 0.2) is 0 Å². The molecule has 2 heteroatoms. The maximum Gasteiger partial charge on any atom is 0.0574 e. The molecule has 0 aromatic heterocycles. The molecule has 0 aliphatic carbocycles. The van der Waals surface area contributed by atoms with Crippen LogP contribution in [0.1, 0.15) is 92.9 Å². The number of hydrogen-bond acceptors (Lipinski definition) is 2. The SMILES string of the molecule is CCCCCCCCC(CC(NCC)NCC)C(C)(C)C. The Hall–Kier alpha value is -0.0800. The lowest BCUT2D eigenvalue weighted by molar-refractivity contribution is 0.177. The molecule has 21 heavy (non-hydrogen) atoms. The van der Waals surface area contributed by atoms with Gasteiger partial charge in [0.05, 0.1) is 6.17 Å². The molecule has 0 aliphatic rings. The minimum absolute atomic E-state index is 0.409. The monoisotopic (exact) mass is 298 g/mol. The lowest BCUT2D eigenvalue weighted by Crippen LogP contribution is -2.44. The van der Waals surface area contributed by atoms with Crippen molar-refractivity contribution in [1.29, 1.82) is 0 Å². The molecule has 0 bridgehead atoms. The predicted octanol–water partition coefficient (Wildman–Crippen LogP) is 5.33. The van der Waals surface area contributed by atoms with Gasteiger partial charge in [-0.25, -0.2) is 0 Å². The summed E-state index contributed by atoms with van der Waals surface area (Å²) in [6, 6.07) is 0. The molecule has 2 N–H and O–H groups in total. The Labute approximate surface area is 134 Å². The zero-order valence-corrected chi connectivity index (χ0v) is 15.7. The van der Waals surface area contributed by atoms with Gasteiger partial charge in [-0.3, -0.25) is 0 Å². The van der Waals surface area contributed by atoms with Crippen LogP contribution in [-0.2, 0) is 0 Å². The van der Waals surface area contributed by atoms with E-state index in [1.54, 1.807) is 0 Å². The van der Waals surface area contributed by atoms with E-state index in [0.717, 1.165) is 19.0 Å². The minimum Gasteiger partial charge on any atom is -0.302 e. The third-order valence-electron chi connectivity index (χ3n) is 4.55. The quantitative estimate of drug-likeness (QED) is 0.354. The van der Waals surface area contributed by atoms with Crippen molar-refractivity contribution in [3.63, 3.8) is 0 Å². The summed E-state index contributed by atoms with van der Waals surface area (Å²) < 4.78 is 0. The van der Waals surface area contributed by atoms with Gasteiger partial charge in [-0.15, -0.1) is 0 Å². The normalized spacial score (nSPS) is 13.9. The third-order valence-corrected chi connectivity index (χ3v) is 4.55. The zero-order chi connectivity index (χ0) is 16.1. The second-order valence-electron chi connectivity index (χ2n) is 7.52. The Bertz CT molecular complexity index is 214. The van der Waals surface area contributed by atoms with Crippen molar-refractivity contribution in [3.8, 4) is 0 Å². The smallest absolute Gasteiger partial charge is 0.0574 e. The molecule has 2 nitrogen and oxygen atoms in total. The van der Waals surface area contributed by atoms with Gasteiger partial charge in [-0.2, -0.15) is 0 Å². The Morgan fingerprint density at radius 3 is 1.76 bits per heavy atom. The fourth-order valence-corrected chi connectivity index (χ4v) is 3.09. The minimum atomic E-state index is 0.409. The Balaban J connectivity index is 4.19. The van der Waals surface area contributed by atoms with Gasteiger partial charge in [0.25, 0.3) is 0 Å². The van der Waals surface area contributed by atoms with Crippen LogP contribution in [0.15, 0.2) is 0 Å². The van der Waals surface area contributed by atoms with Crippen molar-refractivity contribution in [2.24, 2.45) is 11.3 Å². The Morgan fingerprint density at radius 1 is 0.762 bits per heavy atom. The zero-order valence-electron chi connectivity index (χ0n) is 15.7. The molecule has 0 radical (unpaired) electrons. The van der Waals surface area contributed by atoms with Crippen molar-refractivity contribution in [2.75, 3.05) is 13.1 Å². The van der Waals surface area contributed by atoms with E-state index in [2.05, 4.69) is 52.2 Å². The van der Waals surface area contributed by atoms with E-state index in [1.165, 1.54) is 51.4 Å². The van der Waals surface area contributed by atoms with Gasteiger partial charge in [0.2, 0.25) is 0 Å². The maximum absolute atomic E-state index is 3.59. The molecule has 0 heterocycles. The lowest BCUT2D eigenvalue weighted by atomic mass is 9.75. The molecule has 1 unspecified atom stereocenters. The molecule has 1 atom stereocenters. The first-order valence-corrected chi connectivity index (χ1v) is 9.42. The van der Waals surface area contributed by atoms with Crippen LogP contribution in [0.2, 0.25) is 0 Å². The Kier molecular flexibility index (Phi) is 12.4. The van der Waals surface area contributed by atoms with Crippen molar-refractivity contribution in [2.45, 2.75) is 99.1 Å². The topological polar surface area (TPSA) is 24.1 Å². The predicted molar refractivity (Wildman–Crippen MR) is 96.7 cm³/mol. The van der Waals surface area contributed by atoms with Gasteiger partial charge < -0.3 is 10.6 Å². The molecule has 0 aromatic rings. The van der Waals surface area contributed by atoms with Crippen LogP contribution in [-0.4, -0.2) is 19.3 Å². The third kappa shape index (κ3) is 11.2. The van der Waals surface area contributed by atoms with Crippen LogP contribution in [0.4, 0.5) is 0 Å². The molecule has 0 amide bonds. The highest BCUT2D eigenvalue weighted by molar-refractivity contribution is 4.79. The second-order valence-corrected chi connectivity index (χ2v) is 7.52. The number of unbranched alkanes of at least 4 members (excludes halogenated alkanes) is 5. The van der Waals surface area contributed by atoms with Crippen molar-refractivity contribution in [1.82, 2.24) is 10.6 Å². The highest BCUT2D eigenvalue weighted by atomic mass is 15.1. The van der Waals surface area contributed by atoms with Gasteiger partial charge in [-0.05, 0) is 37.3 Å². The highest BCUT2D eigenvalue weighted by Gasteiger charge is 2.26. The largest absolute Gasteiger partial charge is 0.302 e. The van der Waals surface area contributed by atoms with Crippen LogP contribution in [0.3, 0.4) is 0 Å². The van der Waals surface area contributed by atoms with E-state index in [4.69, 9.17) is 0 Å². The first kappa shape index (κ1) is 20.9. The van der Waals surface area contributed by atoms with Gasteiger partial charge in [0, 0.05) is 0 Å². The fraction of sp³-hybridized carbons (Fsp3) is 1.00. The molecule has 0 saturated carbocycles. The summed E-state index contributed by atoms with van der Waals surface area (Å²) in [7, 11) is 0. The summed E-state index contributed by atoms with van der Waals surface area (Å²) in [5.74, 6) is 0.798. The lowest BCUT2D eigenvalue weighted by Gasteiger charge is -2.34. The van der Waals surface area contributed by atoms with E-state index in [9.17, 15) is 0 Å². The number of nitrogens with one attached hydrogen (secondary N) is 2. The summed E-state index contributed by atoms with van der Waals surface area (Å²) >= 11 is 0. The second kappa shape index (κ2) is 12.5. The molecule has 0 fully saturated rings. The molecule has 0 aliphatic heterocycles. The Morgan fingerprint density at radius 2 is 1.29 bits per heavy atom. The first-order chi connectivity index (χ1) is 9.95. The van der Waals surface area contributed by atoms with E-state index in [1.807, 2.05) is 0 Å². The van der Waals surface area contributed by atoms with Gasteiger partial charge in [-0.1, -0.05) is 80.1 Å². The molecular weight excluding hydrogens is 256 g/mol. The van der Waals surface area contributed by atoms with Gasteiger partial charge in [0.1, 0.15) is 0 Å². The highest BCUT2D eigenvalue weighted by Crippen LogP contribution is 2.33. The molecular formula is C19H42N2. The standard InChI is InChI=1S/C19H42N2/c1-7-10-11-12-13-14-15-17(19(4,5)6)16-18(20-8-2)21-9-3/h17-18,20-21H,7-16H2,1-6H3. The summed E-state index contributed by atoms with van der Waals surface area (Å²) in [4.78, 5) is 0. The van der Waals surface area contributed by atoms with Crippen LogP contribution in [0.5, 0.6) is 0 Å². The average molecular weight is 299 g/mol. The molecule has 0 rings (SSSR count). The fourth-order valence-electron chi connectivity index (χ4n) is 3.09. The summed E-state index contributed by atoms with van der Waals surface area (Å²) in [6.45, 7) is 16.0. The van der Waals surface area contributed by atoms with Crippen LogP contribution >= 0.6 is 0 Å². The number of rotatable bonds is 13. The summed E-state index contributed by atoms with van der Waals surface area (Å²) in [6.07, 6.45) is 11.5. The van der Waals surface area contributed by atoms with E-state index < -0.39 is 0 Å². The van der Waals surface area contributed by atoms with Crippen molar-refractivity contribution >= 4 is 0 Å². The number of hydrogen-bond donors (Lipinski definition) is 2. The molecule has 0 saturated heterocycles. The molecule has 0 aromatic carbocycles. The average Bonchev–Trinajstić information content (AvgIpc) is 2.40. The first-order valence-electron chi connectivity index (χ1n) is 9.42. The van der Waals surface area contributed by atoms with Crippen LogP contribution in [0.25, 0.3) is 0 Å². The summed E-state index contributed by atoms with van der Waals surface area (Å²) in [5.41, 5.74) is 0.409. The molecule has 0 spiro atoms. The maximum atomic E-state index is 3.59. The van der Waals surface area contributed by atoms with Crippen molar-refractivity contribution < 1.29 is 0 Å². The van der Waals surface area contributed by atoms with E-state index in [0.29, 0.717) is 11.6 Å². The van der Waals surface area contributed by atoms with E-state index in [-0.39, 0.29) is 0 Å². The summed E-state index contributed by atoms with van der Waals surface area (Å²) in [5, 5.41) is 7.19. The van der Waals surface area contributed by atoms with Crippen LogP contribution < -0.4 is 10.6 Å². The van der Waals surface area contributed by atoms with Crippen molar-refractivity contribution in [3.05, 3.63) is 0 Å². The molecule has 128 valence electrons.